The standard InChI is InChI=1S/C19H22N4O2S2/c1-11-12(2)22-23-19-15(11)16(20)17(26-19)18(24)21-9-13-5-7-14(8-6-13)10-27(3,4)25/h5-8H,3,9-10,20H2,1-2,4H3,(H,21,24). The monoisotopic (exact) mass is 402 g/mol. The highest BCUT2D eigenvalue weighted by molar-refractivity contribution is 7.98. The minimum absolute atomic E-state index is 0.231. The van der Waals surface area contributed by atoms with Gasteiger partial charge in [0.2, 0.25) is 0 Å². The molecule has 3 aromatic rings. The van der Waals surface area contributed by atoms with Crippen LogP contribution in [0.2, 0.25) is 0 Å². The van der Waals surface area contributed by atoms with E-state index in [4.69, 9.17) is 5.73 Å². The molecule has 1 aromatic carbocycles. The molecule has 0 aliphatic heterocycles. The van der Waals surface area contributed by atoms with Crippen LogP contribution >= 0.6 is 11.3 Å². The van der Waals surface area contributed by atoms with Crippen LogP contribution in [0.3, 0.4) is 0 Å². The number of aryl methyl sites for hydroxylation is 2. The average molecular weight is 403 g/mol. The zero-order chi connectivity index (χ0) is 19.8. The smallest absolute Gasteiger partial charge is 0.263 e. The fraction of sp³-hybridized carbons (Fsp3) is 0.263. The van der Waals surface area contributed by atoms with E-state index in [-0.39, 0.29) is 5.91 Å². The second kappa shape index (κ2) is 7.28. The molecule has 27 heavy (non-hydrogen) atoms. The SMILES string of the molecule is C=S(C)(=O)Cc1ccc(CNC(=O)c2sc3nnc(C)c(C)c3c2N)cc1. The summed E-state index contributed by atoms with van der Waals surface area (Å²) in [5.74, 6) is 3.88. The Balaban J connectivity index is 1.74. The van der Waals surface area contributed by atoms with Crippen LogP contribution in [0.5, 0.6) is 0 Å². The molecule has 3 rings (SSSR count). The van der Waals surface area contributed by atoms with Gasteiger partial charge in [0.05, 0.1) is 11.4 Å². The summed E-state index contributed by atoms with van der Waals surface area (Å²) in [7, 11) is -2.07. The van der Waals surface area contributed by atoms with Gasteiger partial charge in [-0.15, -0.1) is 16.4 Å². The molecule has 2 heterocycles. The molecule has 8 heteroatoms. The minimum atomic E-state index is -2.07. The van der Waals surface area contributed by atoms with Gasteiger partial charge in [0, 0.05) is 23.9 Å². The second-order valence-corrected chi connectivity index (χ2v) is 10.4. The van der Waals surface area contributed by atoms with Crippen molar-refractivity contribution in [3.8, 4) is 0 Å². The Morgan fingerprint density at radius 1 is 1.22 bits per heavy atom. The number of benzene rings is 1. The van der Waals surface area contributed by atoms with Gasteiger partial charge in [0.1, 0.15) is 9.71 Å². The molecule has 6 nitrogen and oxygen atoms in total. The van der Waals surface area contributed by atoms with Gasteiger partial charge in [-0.2, -0.15) is 5.10 Å². The molecule has 3 N–H and O–H groups in total. The lowest BCUT2D eigenvalue weighted by atomic mass is 10.1. The summed E-state index contributed by atoms with van der Waals surface area (Å²) in [4.78, 5) is 13.7. The molecule has 0 spiro atoms. The number of hydrogen-bond acceptors (Lipinski definition) is 6. The number of rotatable bonds is 5. The van der Waals surface area contributed by atoms with Crippen molar-refractivity contribution in [3.05, 3.63) is 51.5 Å². The molecule has 2 aromatic heterocycles. The summed E-state index contributed by atoms with van der Waals surface area (Å²) in [6.45, 7) is 4.18. The second-order valence-electron chi connectivity index (χ2n) is 6.76. The number of fused-ring (bicyclic) bond motifs is 1. The number of nitrogens with one attached hydrogen (secondary N) is 1. The van der Waals surface area contributed by atoms with Gasteiger partial charge in [-0.3, -0.25) is 9.00 Å². The van der Waals surface area contributed by atoms with Crippen LogP contribution in [0, 0.1) is 13.8 Å². The molecule has 0 radical (unpaired) electrons. The van der Waals surface area contributed by atoms with Crippen molar-refractivity contribution in [2.75, 3.05) is 12.0 Å². The summed E-state index contributed by atoms with van der Waals surface area (Å²) in [5, 5.41) is 11.9. The Morgan fingerprint density at radius 3 is 2.48 bits per heavy atom. The largest absolute Gasteiger partial charge is 0.397 e. The first-order valence-electron chi connectivity index (χ1n) is 8.33. The Kier molecular flexibility index (Phi) is 5.21. The van der Waals surface area contributed by atoms with Crippen LogP contribution < -0.4 is 11.1 Å². The Hall–Kier alpha value is -2.45. The Labute approximate surface area is 162 Å². The number of nitrogens with zero attached hydrogens (tertiary/aromatic N) is 2. The number of carbonyl (C=O) groups excluding carboxylic acids is 1. The van der Waals surface area contributed by atoms with Crippen molar-refractivity contribution < 1.29 is 9.00 Å². The quantitative estimate of drug-likeness (QED) is 0.640. The van der Waals surface area contributed by atoms with Crippen molar-refractivity contribution in [2.45, 2.75) is 26.1 Å². The Morgan fingerprint density at radius 2 is 1.85 bits per heavy atom. The third-order valence-corrected chi connectivity index (χ3v) is 6.32. The van der Waals surface area contributed by atoms with E-state index in [9.17, 15) is 9.00 Å². The fourth-order valence-electron chi connectivity index (χ4n) is 2.78. The Bertz CT molecular complexity index is 1120. The molecule has 0 saturated carbocycles. The summed E-state index contributed by atoms with van der Waals surface area (Å²) < 4.78 is 11.8. The molecule has 142 valence electrons. The average Bonchev–Trinajstić information content (AvgIpc) is 2.93. The van der Waals surface area contributed by atoms with E-state index in [0.29, 0.717) is 27.7 Å². The maximum absolute atomic E-state index is 12.6. The molecule has 1 amide bonds. The molecule has 0 fully saturated rings. The van der Waals surface area contributed by atoms with Crippen molar-refractivity contribution in [1.82, 2.24) is 15.5 Å². The third kappa shape index (κ3) is 4.28. The summed E-state index contributed by atoms with van der Waals surface area (Å²) >= 11 is 1.25. The van der Waals surface area contributed by atoms with E-state index < -0.39 is 9.52 Å². The van der Waals surface area contributed by atoms with Gasteiger partial charge in [-0.05, 0) is 45.9 Å². The maximum Gasteiger partial charge on any atom is 0.263 e. The van der Waals surface area contributed by atoms with Crippen LogP contribution in [0.1, 0.15) is 32.1 Å². The first-order chi connectivity index (χ1) is 12.7. The first kappa shape index (κ1) is 19.3. The van der Waals surface area contributed by atoms with Crippen molar-refractivity contribution in [2.24, 2.45) is 0 Å². The number of thiophene rings is 1. The fourth-order valence-corrected chi connectivity index (χ4v) is 4.69. The number of anilines is 1. The lowest BCUT2D eigenvalue weighted by molar-refractivity contribution is 0.0956. The highest BCUT2D eigenvalue weighted by Gasteiger charge is 2.19. The molecule has 1 atom stereocenters. The van der Waals surface area contributed by atoms with Crippen molar-refractivity contribution >= 4 is 48.5 Å². The van der Waals surface area contributed by atoms with Crippen LogP contribution in [0.15, 0.2) is 24.3 Å². The number of hydrogen-bond donors (Lipinski definition) is 2. The zero-order valence-electron chi connectivity index (χ0n) is 15.5. The van der Waals surface area contributed by atoms with Crippen molar-refractivity contribution in [1.29, 1.82) is 0 Å². The van der Waals surface area contributed by atoms with Gasteiger partial charge >= 0.3 is 0 Å². The highest BCUT2D eigenvalue weighted by atomic mass is 32.2. The summed E-state index contributed by atoms with van der Waals surface area (Å²) in [6.07, 6.45) is 1.64. The summed E-state index contributed by atoms with van der Waals surface area (Å²) in [5.41, 5.74) is 10.3. The molecule has 0 bridgehead atoms. The predicted molar refractivity (Wildman–Crippen MR) is 114 cm³/mol. The van der Waals surface area contributed by atoms with Crippen LogP contribution in [-0.4, -0.2) is 32.4 Å². The van der Waals surface area contributed by atoms with Crippen LogP contribution in [0.25, 0.3) is 10.2 Å². The zero-order valence-corrected chi connectivity index (χ0v) is 17.2. The van der Waals surface area contributed by atoms with Crippen LogP contribution in [0.4, 0.5) is 5.69 Å². The highest BCUT2D eigenvalue weighted by Crippen LogP contribution is 2.34. The lowest BCUT2D eigenvalue weighted by Crippen LogP contribution is -2.22. The van der Waals surface area contributed by atoms with Gasteiger partial charge in [-0.25, -0.2) is 0 Å². The topological polar surface area (TPSA) is 98.0 Å². The summed E-state index contributed by atoms with van der Waals surface area (Å²) in [6, 6.07) is 7.64. The first-order valence-corrected chi connectivity index (χ1v) is 11.5. The predicted octanol–water partition coefficient (Wildman–Crippen LogP) is 2.67. The molecule has 1 unspecified atom stereocenters. The molecular formula is C19H22N4O2S2. The van der Waals surface area contributed by atoms with E-state index >= 15 is 0 Å². The molecule has 0 saturated heterocycles. The van der Waals surface area contributed by atoms with E-state index in [2.05, 4.69) is 21.4 Å². The maximum atomic E-state index is 12.6. The third-order valence-electron chi connectivity index (χ3n) is 4.29. The number of amides is 1. The number of nitrogens with two attached hydrogens (primary N) is 1. The normalized spacial score (nSPS) is 13.4. The minimum Gasteiger partial charge on any atom is -0.397 e. The van der Waals surface area contributed by atoms with Crippen molar-refractivity contribution in [3.63, 3.8) is 0 Å². The van der Waals surface area contributed by atoms with Crippen LogP contribution in [-0.2, 0) is 21.8 Å². The molecular weight excluding hydrogens is 380 g/mol. The lowest BCUT2D eigenvalue weighted by Gasteiger charge is -2.07. The van der Waals surface area contributed by atoms with E-state index in [0.717, 1.165) is 27.8 Å². The number of nitrogen functional groups attached to an aromatic ring is 1. The van der Waals surface area contributed by atoms with E-state index in [1.54, 1.807) is 6.26 Å². The van der Waals surface area contributed by atoms with Gasteiger partial charge < -0.3 is 11.1 Å². The molecule has 0 aliphatic carbocycles. The van der Waals surface area contributed by atoms with Gasteiger partial charge in [0.25, 0.3) is 5.91 Å². The van der Waals surface area contributed by atoms with E-state index in [1.165, 1.54) is 11.3 Å². The van der Waals surface area contributed by atoms with E-state index in [1.807, 2.05) is 38.1 Å². The number of aromatic nitrogens is 2. The molecule has 0 aliphatic rings. The van der Waals surface area contributed by atoms with Gasteiger partial charge in [0.15, 0.2) is 0 Å². The number of carbonyl (C=O) groups is 1. The van der Waals surface area contributed by atoms with Gasteiger partial charge in [-0.1, -0.05) is 24.3 Å².